The Kier molecular flexibility index (Phi) is 5.93. The van der Waals surface area contributed by atoms with Gasteiger partial charge in [0.25, 0.3) is 0 Å². The van der Waals surface area contributed by atoms with Crippen molar-refractivity contribution in [3.63, 3.8) is 0 Å². The third kappa shape index (κ3) is 3.23. The van der Waals surface area contributed by atoms with E-state index in [0.717, 1.165) is 0 Å². The van der Waals surface area contributed by atoms with Crippen LogP contribution in [0.5, 0.6) is 17.2 Å². The maximum atomic E-state index is 14.1. The molecular formula is C28H25ClO7. The van der Waals surface area contributed by atoms with E-state index in [1.165, 1.54) is 0 Å². The van der Waals surface area contributed by atoms with Gasteiger partial charge in [-0.25, -0.2) is 0 Å². The Bertz CT molecular complexity index is 1320. The summed E-state index contributed by atoms with van der Waals surface area (Å²) in [5.41, 5.74) is -3.12. The van der Waals surface area contributed by atoms with E-state index in [2.05, 4.69) is 0 Å². The number of ketones is 1. The molecule has 1 heterocycles. The van der Waals surface area contributed by atoms with Crippen molar-refractivity contribution in [3.05, 3.63) is 88.4 Å². The van der Waals surface area contributed by atoms with Crippen molar-refractivity contribution in [2.45, 2.75) is 31.0 Å². The highest BCUT2D eigenvalue weighted by Crippen LogP contribution is 2.68. The molecule has 3 aromatic rings. The third-order valence-corrected chi connectivity index (χ3v) is 7.18. The Morgan fingerprint density at radius 2 is 1.69 bits per heavy atom. The molecule has 186 valence electrons. The van der Waals surface area contributed by atoms with Gasteiger partial charge in [-0.15, -0.1) is 0 Å². The van der Waals surface area contributed by atoms with Crippen LogP contribution in [0.15, 0.2) is 66.7 Å². The van der Waals surface area contributed by atoms with E-state index in [1.54, 1.807) is 73.7 Å². The quantitative estimate of drug-likeness (QED) is 0.447. The molecular weight excluding hydrogens is 484 g/mol. The van der Waals surface area contributed by atoms with Gasteiger partial charge in [0, 0.05) is 17.2 Å². The molecule has 0 amide bonds. The summed E-state index contributed by atoms with van der Waals surface area (Å²) >= 11 is 6.17. The summed E-state index contributed by atoms with van der Waals surface area (Å²) in [6, 6.07) is 18.5. The average molecular weight is 509 g/mol. The average Bonchev–Trinajstić information content (AvgIpc) is 3.23. The van der Waals surface area contributed by atoms with Crippen LogP contribution in [-0.2, 0) is 20.8 Å². The summed E-state index contributed by atoms with van der Waals surface area (Å²) in [6.45, 7) is 4.22. The van der Waals surface area contributed by atoms with Crippen molar-refractivity contribution in [2.75, 3.05) is 13.2 Å². The highest BCUT2D eigenvalue weighted by atomic mass is 35.5. The van der Waals surface area contributed by atoms with E-state index in [-0.39, 0.29) is 23.7 Å². The summed E-state index contributed by atoms with van der Waals surface area (Å²) in [7, 11) is 0. The Morgan fingerprint density at radius 1 is 1.03 bits per heavy atom. The first-order valence-electron chi connectivity index (χ1n) is 11.7. The molecule has 0 saturated heterocycles. The van der Waals surface area contributed by atoms with Gasteiger partial charge >= 0.3 is 5.97 Å². The van der Waals surface area contributed by atoms with Crippen LogP contribution < -0.4 is 14.2 Å². The molecule has 1 aliphatic carbocycles. The zero-order valence-electron chi connectivity index (χ0n) is 19.7. The minimum atomic E-state index is -2.37. The first-order chi connectivity index (χ1) is 17.3. The lowest BCUT2D eigenvalue weighted by atomic mass is 9.70. The van der Waals surface area contributed by atoms with Gasteiger partial charge in [-0.05, 0) is 37.1 Å². The van der Waals surface area contributed by atoms with Crippen LogP contribution in [-0.4, -0.2) is 35.2 Å². The molecule has 1 saturated carbocycles. The summed E-state index contributed by atoms with van der Waals surface area (Å²) in [5.74, 6) is -4.03. The van der Waals surface area contributed by atoms with Crippen molar-refractivity contribution in [2.24, 2.45) is 5.92 Å². The molecule has 2 aliphatic rings. The van der Waals surface area contributed by atoms with Crippen molar-refractivity contribution >= 4 is 23.4 Å². The zero-order valence-corrected chi connectivity index (χ0v) is 20.5. The molecule has 4 atom stereocenters. The van der Waals surface area contributed by atoms with Crippen LogP contribution >= 0.6 is 11.6 Å². The van der Waals surface area contributed by atoms with Crippen molar-refractivity contribution < 1.29 is 34.0 Å². The fraction of sp³-hybridized carbons (Fsp3) is 0.286. The number of ether oxygens (including phenoxy) is 3. The van der Waals surface area contributed by atoms with E-state index in [0.29, 0.717) is 28.5 Å². The molecule has 3 aromatic carbocycles. The van der Waals surface area contributed by atoms with Gasteiger partial charge < -0.3 is 24.4 Å². The number of carboxylic acids is 1. The molecule has 1 aliphatic heterocycles. The van der Waals surface area contributed by atoms with Gasteiger partial charge in [0.05, 0.1) is 24.7 Å². The first kappa shape index (κ1) is 24.2. The minimum absolute atomic E-state index is 0.0948. The number of halogens is 1. The molecule has 1 fully saturated rings. The number of hydrogen-bond acceptors (Lipinski definition) is 6. The summed E-state index contributed by atoms with van der Waals surface area (Å²) in [6.07, 6.45) is 0. The standard InChI is InChI=1S/C28H25ClO7/c1-3-34-19-14-20(35-4-2)24-21(15-19)36-28(17-10-12-18(29)13-11-17)23(16-8-6-5-7-9-16)22(26(31)32)25(30)27(24,28)33/h5-15,22-23,33H,3-4H2,1-2H3,(H,31,32)/t22-,23-,27+,28+/m1/s1. The fourth-order valence-electron chi connectivity index (χ4n) is 5.65. The van der Waals surface area contributed by atoms with Crippen LogP contribution in [0, 0.1) is 5.92 Å². The molecule has 2 N–H and O–H groups in total. The lowest BCUT2D eigenvalue weighted by Crippen LogP contribution is -2.50. The molecule has 0 spiro atoms. The predicted molar refractivity (Wildman–Crippen MR) is 132 cm³/mol. The van der Waals surface area contributed by atoms with Gasteiger partial charge in [0.15, 0.2) is 11.4 Å². The first-order valence-corrected chi connectivity index (χ1v) is 12.1. The number of carboxylic acid groups (broad SMARTS) is 1. The molecule has 0 radical (unpaired) electrons. The van der Waals surface area contributed by atoms with Crippen LogP contribution in [0.3, 0.4) is 0 Å². The molecule has 0 bridgehead atoms. The van der Waals surface area contributed by atoms with E-state index >= 15 is 0 Å². The van der Waals surface area contributed by atoms with E-state index in [9.17, 15) is 19.8 Å². The van der Waals surface area contributed by atoms with E-state index in [1.807, 2.05) is 6.92 Å². The number of carbonyl (C=O) groups is 2. The number of Topliss-reactive ketones (excluding diaryl/α,β-unsaturated/α-hetero) is 1. The zero-order chi connectivity index (χ0) is 25.7. The Balaban J connectivity index is 1.88. The smallest absolute Gasteiger partial charge is 0.314 e. The lowest BCUT2D eigenvalue weighted by molar-refractivity contribution is -0.154. The second-order valence-corrected chi connectivity index (χ2v) is 9.22. The van der Waals surface area contributed by atoms with Gasteiger partial charge in [0.1, 0.15) is 23.2 Å². The number of hydrogen-bond donors (Lipinski definition) is 2. The Hall–Kier alpha value is -3.55. The number of rotatable bonds is 7. The number of carbonyl (C=O) groups excluding carboxylic acids is 1. The monoisotopic (exact) mass is 508 g/mol. The molecule has 7 nitrogen and oxygen atoms in total. The molecule has 5 rings (SSSR count). The second kappa shape index (κ2) is 8.84. The molecule has 0 aromatic heterocycles. The Morgan fingerprint density at radius 3 is 2.31 bits per heavy atom. The topological polar surface area (TPSA) is 102 Å². The molecule has 0 unspecified atom stereocenters. The van der Waals surface area contributed by atoms with E-state index in [4.69, 9.17) is 25.8 Å². The van der Waals surface area contributed by atoms with Crippen molar-refractivity contribution in [1.82, 2.24) is 0 Å². The second-order valence-electron chi connectivity index (χ2n) is 8.78. The number of aliphatic carboxylic acids is 1. The van der Waals surface area contributed by atoms with E-state index < -0.39 is 34.8 Å². The maximum Gasteiger partial charge on any atom is 0.314 e. The molecule has 36 heavy (non-hydrogen) atoms. The van der Waals surface area contributed by atoms with Crippen LogP contribution in [0.4, 0.5) is 0 Å². The third-order valence-electron chi connectivity index (χ3n) is 6.93. The van der Waals surface area contributed by atoms with Crippen LogP contribution in [0.25, 0.3) is 0 Å². The van der Waals surface area contributed by atoms with Crippen molar-refractivity contribution in [1.29, 1.82) is 0 Å². The van der Waals surface area contributed by atoms with Crippen LogP contribution in [0.2, 0.25) is 5.02 Å². The fourth-order valence-corrected chi connectivity index (χ4v) is 5.77. The number of aliphatic hydroxyl groups is 1. The van der Waals surface area contributed by atoms with Crippen LogP contribution in [0.1, 0.15) is 36.5 Å². The van der Waals surface area contributed by atoms with Gasteiger partial charge in [-0.2, -0.15) is 0 Å². The highest BCUT2D eigenvalue weighted by molar-refractivity contribution is 6.30. The largest absolute Gasteiger partial charge is 0.494 e. The number of fused-ring (bicyclic) bond motifs is 3. The maximum absolute atomic E-state index is 14.1. The SMILES string of the molecule is CCOc1cc(OCC)c2c(c1)O[C@@]1(c3ccc(Cl)cc3)[C@H](c3ccccc3)[C@@H](C(=O)O)C(=O)[C@@]21O. The van der Waals surface area contributed by atoms with Gasteiger partial charge in [0.2, 0.25) is 5.60 Å². The van der Waals surface area contributed by atoms with Crippen molar-refractivity contribution in [3.8, 4) is 17.2 Å². The summed E-state index contributed by atoms with van der Waals surface area (Å²) in [4.78, 5) is 26.7. The number of benzene rings is 3. The highest BCUT2D eigenvalue weighted by Gasteiger charge is 2.78. The minimum Gasteiger partial charge on any atom is -0.494 e. The van der Waals surface area contributed by atoms with Gasteiger partial charge in [-0.3, -0.25) is 9.59 Å². The Labute approximate surface area is 213 Å². The predicted octanol–water partition coefficient (Wildman–Crippen LogP) is 4.68. The lowest BCUT2D eigenvalue weighted by Gasteiger charge is -2.39. The summed E-state index contributed by atoms with van der Waals surface area (Å²) < 4.78 is 18.1. The van der Waals surface area contributed by atoms with Gasteiger partial charge in [-0.1, -0.05) is 54.1 Å². The normalized spacial score (nSPS) is 26.2. The summed E-state index contributed by atoms with van der Waals surface area (Å²) in [5, 5.41) is 23.2. The molecule has 8 heteroatoms.